The fourth-order valence-corrected chi connectivity index (χ4v) is 1.27. The molecule has 0 amide bonds. The highest BCUT2D eigenvalue weighted by molar-refractivity contribution is 7.53. The summed E-state index contributed by atoms with van der Waals surface area (Å²) < 4.78 is 14.6. The lowest BCUT2D eigenvalue weighted by atomic mass is 10.3. The SMILES string of the molecule is COC(=O)CC(C(=O)O)P(=O)(O)O. The first-order chi connectivity index (χ1) is 5.79. The summed E-state index contributed by atoms with van der Waals surface area (Å²) in [6.45, 7) is 0. The van der Waals surface area contributed by atoms with Gasteiger partial charge in [-0.2, -0.15) is 0 Å². The van der Waals surface area contributed by atoms with Gasteiger partial charge in [0.15, 0.2) is 5.66 Å². The Morgan fingerprint density at radius 3 is 2.15 bits per heavy atom. The first kappa shape index (κ1) is 12.1. The van der Waals surface area contributed by atoms with Crippen LogP contribution in [0.2, 0.25) is 0 Å². The molecule has 0 heterocycles. The van der Waals surface area contributed by atoms with E-state index in [9.17, 15) is 14.2 Å². The summed E-state index contributed by atoms with van der Waals surface area (Å²) in [5, 5.41) is 8.35. The van der Waals surface area contributed by atoms with Crippen LogP contribution in [0, 0.1) is 0 Å². The summed E-state index contributed by atoms with van der Waals surface area (Å²) in [4.78, 5) is 37.9. The average molecular weight is 212 g/mol. The number of hydrogen-bond acceptors (Lipinski definition) is 4. The number of carbonyl (C=O) groups excluding carboxylic acids is 1. The van der Waals surface area contributed by atoms with Crippen LogP contribution in [0.25, 0.3) is 0 Å². The molecule has 0 rings (SSSR count). The molecule has 0 aromatic rings. The van der Waals surface area contributed by atoms with Crippen molar-refractivity contribution in [3.05, 3.63) is 0 Å². The third-order valence-corrected chi connectivity index (χ3v) is 2.49. The number of carbonyl (C=O) groups is 2. The molecule has 0 fully saturated rings. The number of carboxylic acids is 1. The number of hydrogen-bond donors (Lipinski definition) is 3. The van der Waals surface area contributed by atoms with Gasteiger partial charge < -0.3 is 19.6 Å². The third-order valence-electron chi connectivity index (χ3n) is 1.28. The van der Waals surface area contributed by atoms with Crippen molar-refractivity contribution in [2.24, 2.45) is 0 Å². The number of carboxylic acid groups (broad SMARTS) is 1. The largest absolute Gasteiger partial charge is 0.481 e. The minimum atomic E-state index is -4.80. The van der Waals surface area contributed by atoms with Crippen LogP contribution in [0.4, 0.5) is 0 Å². The van der Waals surface area contributed by atoms with Gasteiger partial charge in [-0.25, -0.2) is 0 Å². The molecule has 8 heteroatoms. The van der Waals surface area contributed by atoms with Gasteiger partial charge in [0.25, 0.3) is 0 Å². The van der Waals surface area contributed by atoms with Crippen LogP contribution in [-0.4, -0.2) is 39.6 Å². The Bertz CT molecular complexity index is 254. The van der Waals surface area contributed by atoms with Crippen molar-refractivity contribution in [3.63, 3.8) is 0 Å². The molecule has 3 N–H and O–H groups in total. The number of methoxy groups -OCH3 is 1. The van der Waals surface area contributed by atoms with Gasteiger partial charge in [-0.05, 0) is 0 Å². The lowest BCUT2D eigenvalue weighted by molar-refractivity contribution is -0.145. The van der Waals surface area contributed by atoms with Crippen molar-refractivity contribution in [1.82, 2.24) is 0 Å². The van der Waals surface area contributed by atoms with E-state index in [0.29, 0.717) is 0 Å². The summed E-state index contributed by atoms with van der Waals surface area (Å²) in [7, 11) is -3.80. The predicted octanol–water partition coefficient (Wildman–Crippen LogP) is -0.820. The Hall–Kier alpha value is -0.910. The molecule has 7 nitrogen and oxygen atoms in total. The molecule has 0 aliphatic heterocycles. The molecule has 0 aliphatic rings. The molecule has 1 atom stereocenters. The minimum absolute atomic E-state index is 0.837. The molecule has 0 radical (unpaired) electrons. The van der Waals surface area contributed by atoms with Gasteiger partial charge in [0.05, 0.1) is 13.5 Å². The van der Waals surface area contributed by atoms with Crippen LogP contribution in [0.15, 0.2) is 0 Å². The summed E-state index contributed by atoms with van der Waals surface area (Å²) >= 11 is 0. The van der Waals surface area contributed by atoms with Gasteiger partial charge in [0, 0.05) is 0 Å². The molecule has 0 bridgehead atoms. The van der Waals surface area contributed by atoms with Crippen LogP contribution in [0.5, 0.6) is 0 Å². The zero-order valence-corrected chi connectivity index (χ0v) is 7.60. The monoisotopic (exact) mass is 212 g/mol. The number of rotatable bonds is 4. The first-order valence-corrected chi connectivity index (χ1v) is 4.82. The first-order valence-electron chi connectivity index (χ1n) is 3.14. The Morgan fingerprint density at radius 2 is 1.92 bits per heavy atom. The van der Waals surface area contributed by atoms with E-state index in [4.69, 9.17) is 14.9 Å². The van der Waals surface area contributed by atoms with Crippen molar-refractivity contribution in [1.29, 1.82) is 0 Å². The van der Waals surface area contributed by atoms with E-state index in [1.165, 1.54) is 0 Å². The minimum Gasteiger partial charge on any atom is -0.481 e. The fourth-order valence-electron chi connectivity index (χ4n) is 0.591. The molecule has 0 aliphatic carbocycles. The van der Waals surface area contributed by atoms with Gasteiger partial charge in [-0.15, -0.1) is 0 Å². The van der Waals surface area contributed by atoms with E-state index in [1.807, 2.05) is 0 Å². The van der Waals surface area contributed by atoms with Crippen molar-refractivity contribution in [3.8, 4) is 0 Å². The Balaban J connectivity index is 4.56. The topological polar surface area (TPSA) is 121 Å². The second-order valence-electron chi connectivity index (χ2n) is 2.22. The molecule has 0 saturated carbocycles. The second-order valence-corrected chi connectivity index (χ2v) is 4.02. The van der Waals surface area contributed by atoms with E-state index in [-0.39, 0.29) is 0 Å². The molecule has 0 saturated heterocycles. The van der Waals surface area contributed by atoms with Crippen molar-refractivity contribution < 1.29 is 33.8 Å². The third kappa shape index (κ3) is 4.02. The van der Waals surface area contributed by atoms with Crippen LogP contribution in [0.3, 0.4) is 0 Å². The van der Waals surface area contributed by atoms with Gasteiger partial charge in [0.2, 0.25) is 0 Å². The van der Waals surface area contributed by atoms with E-state index in [1.54, 1.807) is 0 Å². The summed E-state index contributed by atoms with van der Waals surface area (Å²) in [6.07, 6.45) is -0.837. The zero-order valence-electron chi connectivity index (χ0n) is 6.71. The number of esters is 1. The average Bonchev–Trinajstić information content (AvgIpc) is 1.96. The Morgan fingerprint density at radius 1 is 1.46 bits per heavy atom. The summed E-state index contributed by atoms with van der Waals surface area (Å²) in [5.41, 5.74) is -2.03. The molecule has 0 spiro atoms. The summed E-state index contributed by atoms with van der Waals surface area (Å²) in [5.74, 6) is -2.70. The second kappa shape index (κ2) is 4.36. The molecular weight excluding hydrogens is 203 g/mol. The van der Waals surface area contributed by atoms with Crippen LogP contribution >= 0.6 is 7.60 Å². The standard InChI is InChI=1S/C5H9O7P/c1-12-4(6)2-3(5(7)8)13(9,10)11/h3H,2H2,1H3,(H,7,8)(H2,9,10,11). The van der Waals surface area contributed by atoms with Gasteiger partial charge >= 0.3 is 19.5 Å². The van der Waals surface area contributed by atoms with Gasteiger partial charge in [-0.3, -0.25) is 14.2 Å². The van der Waals surface area contributed by atoms with Crippen molar-refractivity contribution in [2.75, 3.05) is 7.11 Å². The smallest absolute Gasteiger partial charge is 0.340 e. The highest BCUT2D eigenvalue weighted by Crippen LogP contribution is 2.43. The van der Waals surface area contributed by atoms with E-state index >= 15 is 0 Å². The maximum Gasteiger partial charge on any atom is 0.340 e. The maximum atomic E-state index is 10.5. The fraction of sp³-hybridized carbons (Fsp3) is 0.600. The Labute approximate surface area is 73.5 Å². The van der Waals surface area contributed by atoms with Crippen LogP contribution in [-0.2, 0) is 18.9 Å². The van der Waals surface area contributed by atoms with Gasteiger partial charge in [0.1, 0.15) is 0 Å². The van der Waals surface area contributed by atoms with Crippen LogP contribution < -0.4 is 0 Å². The van der Waals surface area contributed by atoms with Crippen molar-refractivity contribution >= 4 is 19.5 Å². The highest BCUT2D eigenvalue weighted by atomic mass is 31.2. The molecule has 1 unspecified atom stereocenters. The molecular formula is C5H9O7P. The quantitative estimate of drug-likeness (QED) is 0.411. The van der Waals surface area contributed by atoms with Crippen molar-refractivity contribution in [2.45, 2.75) is 12.1 Å². The lowest BCUT2D eigenvalue weighted by Crippen LogP contribution is -2.24. The maximum absolute atomic E-state index is 10.5. The normalized spacial score (nSPS) is 13.5. The predicted molar refractivity (Wildman–Crippen MR) is 40.1 cm³/mol. The summed E-state index contributed by atoms with van der Waals surface area (Å²) in [6, 6.07) is 0. The number of aliphatic carboxylic acids is 1. The Kier molecular flexibility index (Phi) is 4.06. The van der Waals surface area contributed by atoms with Crippen LogP contribution in [0.1, 0.15) is 6.42 Å². The van der Waals surface area contributed by atoms with E-state index in [2.05, 4.69) is 4.74 Å². The highest BCUT2D eigenvalue weighted by Gasteiger charge is 2.37. The van der Waals surface area contributed by atoms with Gasteiger partial charge in [-0.1, -0.05) is 0 Å². The zero-order chi connectivity index (χ0) is 10.6. The molecule has 76 valence electrons. The molecule has 13 heavy (non-hydrogen) atoms. The van der Waals surface area contributed by atoms with E-state index < -0.39 is 31.6 Å². The number of ether oxygens (including phenoxy) is 1. The molecule has 0 aromatic heterocycles. The molecule has 0 aromatic carbocycles. The lowest BCUT2D eigenvalue weighted by Gasteiger charge is -2.11. The van der Waals surface area contributed by atoms with E-state index in [0.717, 1.165) is 7.11 Å².